The monoisotopic (exact) mass is 203 g/mol. The van der Waals surface area contributed by atoms with Gasteiger partial charge in [0.05, 0.1) is 19.3 Å². The zero-order chi connectivity index (χ0) is 10.6. The predicted octanol–water partition coefficient (Wildman–Crippen LogP) is 1.55. The van der Waals surface area contributed by atoms with Gasteiger partial charge >= 0.3 is 0 Å². The molecule has 0 radical (unpaired) electrons. The minimum Gasteiger partial charge on any atom is -0.395 e. The average Bonchev–Trinajstić information content (AvgIpc) is 2.21. The number of hydrogen-bond acceptors (Lipinski definition) is 3. The van der Waals surface area contributed by atoms with Crippen molar-refractivity contribution in [1.82, 2.24) is 5.32 Å². The number of aliphatic hydroxyl groups is 1. The van der Waals surface area contributed by atoms with Crippen LogP contribution in [0.2, 0.25) is 0 Å². The van der Waals surface area contributed by atoms with E-state index in [9.17, 15) is 0 Å². The maximum Gasteiger partial charge on any atom is 0.0638 e. The molecular weight excluding hydrogens is 178 g/mol. The Hall–Kier alpha value is -0.120. The molecule has 14 heavy (non-hydrogen) atoms. The molecule has 0 rings (SSSR count). The largest absolute Gasteiger partial charge is 0.395 e. The normalized spacial score (nSPS) is 13.1. The Morgan fingerprint density at radius 2 is 1.93 bits per heavy atom. The Morgan fingerprint density at radius 3 is 2.50 bits per heavy atom. The second kappa shape index (κ2) is 11.0. The van der Waals surface area contributed by atoms with Crippen LogP contribution >= 0.6 is 0 Å². The van der Waals surface area contributed by atoms with Gasteiger partial charge in [0.15, 0.2) is 0 Å². The summed E-state index contributed by atoms with van der Waals surface area (Å²) in [7, 11) is 1.66. The summed E-state index contributed by atoms with van der Waals surface area (Å²) in [5.74, 6) is 0. The number of ether oxygens (including phenoxy) is 1. The van der Waals surface area contributed by atoms with E-state index in [2.05, 4.69) is 12.2 Å². The van der Waals surface area contributed by atoms with Gasteiger partial charge in [-0.25, -0.2) is 0 Å². The number of methoxy groups -OCH3 is 1. The van der Waals surface area contributed by atoms with Crippen LogP contribution in [0.5, 0.6) is 0 Å². The molecule has 3 heteroatoms. The predicted molar refractivity (Wildman–Crippen MR) is 59.5 cm³/mol. The van der Waals surface area contributed by atoms with E-state index in [1.165, 1.54) is 32.1 Å². The molecule has 0 bridgehead atoms. The Morgan fingerprint density at radius 1 is 1.21 bits per heavy atom. The van der Waals surface area contributed by atoms with Gasteiger partial charge in [0.1, 0.15) is 0 Å². The van der Waals surface area contributed by atoms with Crippen LogP contribution in [0.3, 0.4) is 0 Å². The van der Waals surface area contributed by atoms with Crippen LogP contribution in [0, 0.1) is 0 Å². The number of rotatable bonds is 10. The van der Waals surface area contributed by atoms with Crippen LogP contribution in [-0.4, -0.2) is 38.0 Å². The van der Waals surface area contributed by atoms with Crippen molar-refractivity contribution in [3.8, 4) is 0 Å². The van der Waals surface area contributed by atoms with Crippen LogP contribution in [0.25, 0.3) is 0 Å². The molecule has 1 atom stereocenters. The van der Waals surface area contributed by atoms with Crippen LogP contribution < -0.4 is 5.32 Å². The van der Waals surface area contributed by atoms with Gasteiger partial charge in [-0.1, -0.05) is 32.6 Å². The first-order valence-electron chi connectivity index (χ1n) is 5.68. The first-order valence-corrected chi connectivity index (χ1v) is 5.68. The van der Waals surface area contributed by atoms with E-state index in [-0.39, 0.29) is 12.6 Å². The van der Waals surface area contributed by atoms with Crippen molar-refractivity contribution in [1.29, 1.82) is 0 Å². The van der Waals surface area contributed by atoms with Gasteiger partial charge in [-0.05, 0) is 13.0 Å². The highest BCUT2D eigenvalue weighted by Gasteiger charge is 2.04. The third kappa shape index (κ3) is 8.48. The van der Waals surface area contributed by atoms with E-state index in [1.807, 2.05) is 0 Å². The highest BCUT2D eigenvalue weighted by Crippen LogP contribution is 2.01. The van der Waals surface area contributed by atoms with E-state index in [4.69, 9.17) is 9.84 Å². The molecule has 0 aliphatic carbocycles. The number of aliphatic hydroxyl groups excluding tert-OH is 1. The van der Waals surface area contributed by atoms with Gasteiger partial charge in [0.2, 0.25) is 0 Å². The highest BCUT2D eigenvalue weighted by molar-refractivity contribution is 4.63. The van der Waals surface area contributed by atoms with Crippen molar-refractivity contribution in [2.45, 2.75) is 45.1 Å². The van der Waals surface area contributed by atoms with Gasteiger partial charge in [0.25, 0.3) is 0 Å². The maximum atomic E-state index is 8.96. The Bertz CT molecular complexity index is 109. The fourth-order valence-electron chi connectivity index (χ4n) is 1.41. The molecule has 0 aromatic carbocycles. The first kappa shape index (κ1) is 13.9. The van der Waals surface area contributed by atoms with Crippen molar-refractivity contribution in [3.63, 3.8) is 0 Å². The summed E-state index contributed by atoms with van der Waals surface area (Å²) in [4.78, 5) is 0. The average molecular weight is 203 g/mol. The van der Waals surface area contributed by atoms with Crippen molar-refractivity contribution in [2.75, 3.05) is 26.9 Å². The molecule has 0 amide bonds. The van der Waals surface area contributed by atoms with Gasteiger partial charge in [-0.3, -0.25) is 0 Å². The molecule has 0 heterocycles. The lowest BCUT2D eigenvalue weighted by atomic mass is 10.1. The SMILES string of the molecule is CCCCCCCNC(CO)COC. The molecule has 2 N–H and O–H groups in total. The molecule has 0 fully saturated rings. The lowest BCUT2D eigenvalue weighted by Gasteiger charge is -2.14. The zero-order valence-corrected chi connectivity index (χ0v) is 9.59. The molecule has 0 aliphatic rings. The second-order valence-corrected chi connectivity index (χ2v) is 3.70. The van der Waals surface area contributed by atoms with Crippen molar-refractivity contribution in [3.05, 3.63) is 0 Å². The van der Waals surface area contributed by atoms with Crippen molar-refractivity contribution in [2.24, 2.45) is 0 Å². The molecule has 1 unspecified atom stereocenters. The standard InChI is InChI=1S/C11H25NO2/c1-3-4-5-6-7-8-12-11(9-13)10-14-2/h11-13H,3-10H2,1-2H3. The topological polar surface area (TPSA) is 41.5 Å². The highest BCUT2D eigenvalue weighted by atomic mass is 16.5. The molecule has 0 spiro atoms. The van der Waals surface area contributed by atoms with Crippen LogP contribution in [0.1, 0.15) is 39.0 Å². The van der Waals surface area contributed by atoms with E-state index in [0.717, 1.165) is 6.54 Å². The van der Waals surface area contributed by atoms with E-state index in [0.29, 0.717) is 6.61 Å². The number of nitrogens with one attached hydrogen (secondary N) is 1. The summed E-state index contributed by atoms with van der Waals surface area (Å²) in [5.41, 5.74) is 0. The molecule has 0 saturated carbocycles. The zero-order valence-electron chi connectivity index (χ0n) is 9.59. The summed E-state index contributed by atoms with van der Waals surface area (Å²) in [6, 6.07) is 0.103. The second-order valence-electron chi connectivity index (χ2n) is 3.70. The van der Waals surface area contributed by atoms with Crippen LogP contribution in [0.15, 0.2) is 0 Å². The minimum absolute atomic E-state index is 0.103. The van der Waals surface area contributed by atoms with Crippen LogP contribution in [-0.2, 0) is 4.74 Å². The van der Waals surface area contributed by atoms with E-state index >= 15 is 0 Å². The van der Waals surface area contributed by atoms with Crippen molar-refractivity contribution >= 4 is 0 Å². The van der Waals surface area contributed by atoms with Crippen LogP contribution in [0.4, 0.5) is 0 Å². The summed E-state index contributed by atoms with van der Waals surface area (Å²) < 4.78 is 4.97. The fourth-order valence-corrected chi connectivity index (χ4v) is 1.41. The number of hydrogen-bond donors (Lipinski definition) is 2. The lowest BCUT2D eigenvalue weighted by Crippen LogP contribution is -2.36. The third-order valence-corrected chi connectivity index (χ3v) is 2.30. The third-order valence-electron chi connectivity index (χ3n) is 2.30. The summed E-state index contributed by atoms with van der Waals surface area (Å²) >= 11 is 0. The lowest BCUT2D eigenvalue weighted by molar-refractivity contribution is 0.128. The Balaban J connectivity index is 3.15. The number of unbranched alkanes of at least 4 members (excludes halogenated alkanes) is 4. The molecule has 0 aliphatic heterocycles. The molecule has 3 nitrogen and oxygen atoms in total. The van der Waals surface area contributed by atoms with Crippen molar-refractivity contribution < 1.29 is 9.84 Å². The Kier molecular flexibility index (Phi) is 10.9. The summed E-state index contributed by atoms with van der Waals surface area (Å²) in [5, 5.41) is 12.2. The summed E-state index contributed by atoms with van der Waals surface area (Å²) in [6.45, 7) is 3.95. The molecular formula is C11H25NO2. The smallest absolute Gasteiger partial charge is 0.0638 e. The van der Waals surface area contributed by atoms with Gasteiger partial charge in [-0.2, -0.15) is 0 Å². The van der Waals surface area contributed by atoms with Gasteiger partial charge in [-0.15, -0.1) is 0 Å². The minimum atomic E-state index is 0.103. The first-order chi connectivity index (χ1) is 6.85. The Labute approximate surface area is 87.8 Å². The fraction of sp³-hybridized carbons (Fsp3) is 1.00. The molecule has 86 valence electrons. The van der Waals surface area contributed by atoms with E-state index < -0.39 is 0 Å². The quantitative estimate of drug-likeness (QED) is 0.529. The molecule has 0 aromatic rings. The molecule has 0 aromatic heterocycles. The van der Waals surface area contributed by atoms with Gasteiger partial charge < -0.3 is 15.2 Å². The molecule has 0 saturated heterocycles. The summed E-state index contributed by atoms with van der Waals surface area (Å²) in [6.07, 6.45) is 6.43. The maximum absolute atomic E-state index is 8.96. The van der Waals surface area contributed by atoms with Gasteiger partial charge in [0, 0.05) is 7.11 Å². The van der Waals surface area contributed by atoms with E-state index in [1.54, 1.807) is 7.11 Å².